The number of rotatable bonds is 3. The zero-order valence-electron chi connectivity index (χ0n) is 13.8. The second-order valence-corrected chi connectivity index (χ2v) is 6.50. The van der Waals surface area contributed by atoms with Crippen LogP contribution in [0.2, 0.25) is 0 Å². The second-order valence-electron chi connectivity index (χ2n) is 6.50. The van der Waals surface area contributed by atoms with E-state index in [4.69, 9.17) is 0 Å². The first-order valence-corrected chi connectivity index (χ1v) is 7.74. The summed E-state index contributed by atoms with van der Waals surface area (Å²) < 4.78 is 0. The van der Waals surface area contributed by atoms with Crippen molar-refractivity contribution in [2.45, 2.75) is 39.5 Å². The van der Waals surface area contributed by atoms with Crippen LogP contribution in [0.1, 0.15) is 55.7 Å². The van der Waals surface area contributed by atoms with Crippen LogP contribution in [0.15, 0.2) is 6.07 Å². The van der Waals surface area contributed by atoms with Crippen LogP contribution in [-0.4, -0.2) is 48.0 Å². The summed E-state index contributed by atoms with van der Waals surface area (Å²) in [5.41, 5.74) is 1.44. The standard InChI is InChI=1S/C16H26N4O/c1-11(2)13-10-14(18-16(17-13)19(4)5)15(21)20-8-6-12(3)7-9-20/h10-12H,6-9H2,1-5H3. The van der Waals surface area contributed by atoms with E-state index in [0.29, 0.717) is 17.6 Å². The third-order valence-electron chi connectivity index (χ3n) is 4.02. The minimum absolute atomic E-state index is 0.0364. The first-order chi connectivity index (χ1) is 9.88. The van der Waals surface area contributed by atoms with E-state index in [9.17, 15) is 4.79 Å². The maximum Gasteiger partial charge on any atom is 0.272 e. The van der Waals surface area contributed by atoms with Crippen LogP contribution in [0.5, 0.6) is 0 Å². The molecule has 1 amide bonds. The largest absolute Gasteiger partial charge is 0.347 e. The van der Waals surface area contributed by atoms with Gasteiger partial charge in [0.1, 0.15) is 5.69 Å². The maximum atomic E-state index is 12.7. The molecule has 1 aliphatic rings. The topological polar surface area (TPSA) is 49.3 Å². The molecule has 0 atom stereocenters. The summed E-state index contributed by atoms with van der Waals surface area (Å²) in [6.45, 7) is 8.07. The first-order valence-electron chi connectivity index (χ1n) is 7.74. The van der Waals surface area contributed by atoms with Gasteiger partial charge in [0.25, 0.3) is 5.91 Å². The number of amides is 1. The molecule has 1 aromatic rings. The molecule has 1 aromatic heterocycles. The highest BCUT2D eigenvalue weighted by atomic mass is 16.2. The summed E-state index contributed by atoms with van der Waals surface area (Å²) in [4.78, 5) is 25.4. The quantitative estimate of drug-likeness (QED) is 0.858. The van der Waals surface area contributed by atoms with Crippen LogP contribution in [0.3, 0.4) is 0 Å². The van der Waals surface area contributed by atoms with Crippen LogP contribution in [0, 0.1) is 5.92 Å². The number of piperidine rings is 1. The summed E-state index contributed by atoms with van der Waals surface area (Å²) in [5.74, 6) is 1.63. The number of likely N-dealkylation sites (tertiary alicyclic amines) is 1. The van der Waals surface area contributed by atoms with Crippen LogP contribution >= 0.6 is 0 Å². The predicted molar refractivity (Wildman–Crippen MR) is 84.7 cm³/mol. The molecule has 1 aliphatic heterocycles. The number of carbonyl (C=O) groups excluding carboxylic acids is 1. The minimum Gasteiger partial charge on any atom is -0.347 e. The Morgan fingerprint density at radius 1 is 1.29 bits per heavy atom. The van der Waals surface area contributed by atoms with Crippen LogP contribution in [-0.2, 0) is 0 Å². The Balaban J connectivity index is 2.27. The molecule has 2 rings (SSSR count). The molecule has 0 aliphatic carbocycles. The Bertz CT molecular complexity index is 479. The Kier molecular flexibility index (Phi) is 4.80. The lowest BCUT2D eigenvalue weighted by atomic mass is 9.99. The lowest BCUT2D eigenvalue weighted by Crippen LogP contribution is -2.38. The van der Waals surface area contributed by atoms with Gasteiger partial charge in [-0.25, -0.2) is 9.97 Å². The van der Waals surface area contributed by atoms with Crippen LogP contribution in [0.25, 0.3) is 0 Å². The Hall–Kier alpha value is -1.65. The highest BCUT2D eigenvalue weighted by molar-refractivity contribution is 5.92. The molecule has 0 N–H and O–H groups in total. The van der Waals surface area contributed by atoms with E-state index in [1.54, 1.807) is 0 Å². The molecule has 1 fully saturated rings. The van der Waals surface area contributed by atoms with Gasteiger partial charge in [0.05, 0.1) is 0 Å². The smallest absolute Gasteiger partial charge is 0.272 e. The van der Waals surface area contributed by atoms with E-state index in [1.165, 1.54) is 0 Å². The summed E-state index contributed by atoms with van der Waals surface area (Å²) in [7, 11) is 3.80. The van der Waals surface area contributed by atoms with Gasteiger partial charge in [0, 0.05) is 32.9 Å². The van der Waals surface area contributed by atoms with Crippen molar-refractivity contribution in [1.29, 1.82) is 0 Å². The summed E-state index contributed by atoms with van der Waals surface area (Å²) >= 11 is 0. The van der Waals surface area contributed by atoms with E-state index in [-0.39, 0.29) is 11.8 Å². The Labute approximate surface area is 127 Å². The van der Waals surface area contributed by atoms with Gasteiger partial charge in [-0.3, -0.25) is 4.79 Å². The molecule has 5 heteroatoms. The van der Waals surface area contributed by atoms with Crippen molar-refractivity contribution in [2.75, 3.05) is 32.1 Å². The summed E-state index contributed by atoms with van der Waals surface area (Å²) in [6, 6.07) is 1.85. The minimum atomic E-state index is 0.0364. The van der Waals surface area contributed by atoms with Crippen molar-refractivity contribution >= 4 is 11.9 Å². The van der Waals surface area contributed by atoms with Crippen molar-refractivity contribution in [2.24, 2.45) is 5.92 Å². The average Bonchev–Trinajstić information content (AvgIpc) is 2.46. The van der Waals surface area contributed by atoms with Gasteiger partial charge in [-0.15, -0.1) is 0 Å². The Morgan fingerprint density at radius 3 is 2.43 bits per heavy atom. The highest BCUT2D eigenvalue weighted by Gasteiger charge is 2.23. The Morgan fingerprint density at radius 2 is 1.90 bits per heavy atom. The molecule has 1 saturated heterocycles. The fourth-order valence-corrected chi connectivity index (χ4v) is 2.43. The number of hydrogen-bond donors (Lipinski definition) is 0. The molecule has 0 aromatic carbocycles. The van der Waals surface area contributed by atoms with Crippen LogP contribution < -0.4 is 4.90 Å². The third-order valence-corrected chi connectivity index (χ3v) is 4.02. The van der Waals surface area contributed by atoms with Gasteiger partial charge >= 0.3 is 0 Å². The third kappa shape index (κ3) is 3.71. The zero-order valence-corrected chi connectivity index (χ0v) is 13.8. The van der Waals surface area contributed by atoms with E-state index in [1.807, 2.05) is 30.0 Å². The molecule has 21 heavy (non-hydrogen) atoms. The van der Waals surface area contributed by atoms with Gasteiger partial charge in [-0.2, -0.15) is 0 Å². The van der Waals surface area contributed by atoms with Gasteiger partial charge in [-0.1, -0.05) is 20.8 Å². The van der Waals surface area contributed by atoms with Gasteiger partial charge in [0.15, 0.2) is 0 Å². The molecule has 116 valence electrons. The van der Waals surface area contributed by atoms with E-state index >= 15 is 0 Å². The fourth-order valence-electron chi connectivity index (χ4n) is 2.43. The van der Waals surface area contributed by atoms with Gasteiger partial charge in [0.2, 0.25) is 5.95 Å². The van der Waals surface area contributed by atoms with Crippen molar-refractivity contribution in [3.63, 3.8) is 0 Å². The molecule has 0 bridgehead atoms. The lowest BCUT2D eigenvalue weighted by molar-refractivity contribution is 0.0691. The maximum absolute atomic E-state index is 12.7. The zero-order chi connectivity index (χ0) is 15.6. The number of anilines is 1. The first kappa shape index (κ1) is 15.7. The molecule has 0 spiro atoms. The summed E-state index contributed by atoms with van der Waals surface area (Å²) in [5, 5.41) is 0. The van der Waals surface area contributed by atoms with Crippen molar-refractivity contribution < 1.29 is 4.79 Å². The van der Waals surface area contributed by atoms with Crippen molar-refractivity contribution in [3.05, 3.63) is 17.5 Å². The fraction of sp³-hybridized carbons (Fsp3) is 0.688. The SMILES string of the molecule is CC1CCN(C(=O)c2cc(C(C)C)nc(N(C)C)n2)CC1. The van der Waals surface area contributed by atoms with Crippen molar-refractivity contribution in [3.8, 4) is 0 Å². The van der Waals surface area contributed by atoms with Crippen LogP contribution in [0.4, 0.5) is 5.95 Å². The molecule has 0 saturated carbocycles. The average molecular weight is 290 g/mol. The van der Waals surface area contributed by atoms with Crippen molar-refractivity contribution in [1.82, 2.24) is 14.9 Å². The number of aromatic nitrogens is 2. The normalized spacial score (nSPS) is 16.4. The monoisotopic (exact) mass is 290 g/mol. The summed E-state index contributed by atoms with van der Waals surface area (Å²) in [6.07, 6.45) is 2.16. The van der Waals surface area contributed by atoms with E-state index < -0.39 is 0 Å². The number of carbonyl (C=O) groups is 1. The number of nitrogens with zero attached hydrogens (tertiary/aromatic N) is 4. The lowest BCUT2D eigenvalue weighted by Gasteiger charge is -2.30. The number of hydrogen-bond acceptors (Lipinski definition) is 4. The molecule has 2 heterocycles. The molecular weight excluding hydrogens is 264 g/mol. The molecule has 0 radical (unpaired) electrons. The molecule has 0 unspecified atom stereocenters. The molecule has 5 nitrogen and oxygen atoms in total. The van der Waals surface area contributed by atoms with E-state index in [0.717, 1.165) is 31.6 Å². The van der Waals surface area contributed by atoms with Gasteiger partial charge < -0.3 is 9.80 Å². The van der Waals surface area contributed by atoms with Gasteiger partial charge in [-0.05, 0) is 30.7 Å². The molecular formula is C16H26N4O. The predicted octanol–water partition coefficient (Wildman–Crippen LogP) is 2.54. The van der Waals surface area contributed by atoms with E-state index in [2.05, 4.69) is 30.7 Å². The highest BCUT2D eigenvalue weighted by Crippen LogP contribution is 2.20. The second kappa shape index (κ2) is 6.41.